The zero-order chi connectivity index (χ0) is 27.4. The number of rotatable bonds is 6. The predicted octanol–water partition coefficient (Wildman–Crippen LogP) is 4.07. The van der Waals surface area contributed by atoms with Crippen molar-refractivity contribution < 1.29 is 19.1 Å². The average Bonchev–Trinajstić information content (AvgIpc) is 2.88. The van der Waals surface area contributed by atoms with Gasteiger partial charge in [0.25, 0.3) is 0 Å². The van der Waals surface area contributed by atoms with Gasteiger partial charge in [-0.25, -0.2) is 14.2 Å². The Morgan fingerprint density at radius 2 is 1.76 bits per heavy atom. The number of piperidine rings is 1. The van der Waals surface area contributed by atoms with Gasteiger partial charge < -0.3 is 30.4 Å². The smallest absolute Gasteiger partial charge is 0.404 e. The normalized spacial score (nSPS) is 19.2. The fourth-order valence-corrected chi connectivity index (χ4v) is 5.37. The molecule has 0 radical (unpaired) electrons. The molecule has 0 bridgehead atoms. The van der Waals surface area contributed by atoms with Gasteiger partial charge in [-0.15, -0.1) is 0 Å². The number of carbonyl (C=O) groups is 2. The number of benzene rings is 1. The van der Waals surface area contributed by atoms with Gasteiger partial charge in [-0.2, -0.15) is 4.98 Å². The van der Waals surface area contributed by atoms with Crippen LogP contribution in [0, 0.1) is 11.2 Å². The third-order valence-corrected chi connectivity index (χ3v) is 7.36. The monoisotopic (exact) mass is 527 g/mol. The molecule has 2 saturated heterocycles. The van der Waals surface area contributed by atoms with E-state index in [1.54, 1.807) is 6.92 Å². The van der Waals surface area contributed by atoms with Crippen molar-refractivity contribution in [1.29, 1.82) is 0 Å². The third kappa shape index (κ3) is 6.43. The molecule has 2 aromatic rings. The number of hydrogen-bond acceptors (Lipinski definition) is 7. The number of piperazine rings is 1. The summed E-state index contributed by atoms with van der Waals surface area (Å²) in [6.07, 6.45) is 2.61. The molecule has 38 heavy (non-hydrogen) atoms. The molecule has 2 amide bonds. The number of aromatic nitrogens is 2. The molecular weight excluding hydrogens is 489 g/mol. The highest BCUT2D eigenvalue weighted by atomic mass is 19.1. The van der Waals surface area contributed by atoms with Gasteiger partial charge in [-0.1, -0.05) is 20.8 Å². The van der Waals surface area contributed by atoms with E-state index in [9.17, 15) is 14.7 Å². The summed E-state index contributed by atoms with van der Waals surface area (Å²) in [5, 5.41) is 15.3. The highest BCUT2D eigenvalue weighted by molar-refractivity contribution is 5.73. The van der Waals surface area contributed by atoms with E-state index in [4.69, 9.17) is 0 Å². The van der Waals surface area contributed by atoms with Crippen LogP contribution in [-0.4, -0.2) is 76.8 Å². The molecule has 0 aliphatic carbocycles. The number of halogens is 1. The van der Waals surface area contributed by atoms with Crippen LogP contribution in [0.4, 0.5) is 32.3 Å². The molecule has 3 N–H and O–H groups in total. The van der Waals surface area contributed by atoms with Gasteiger partial charge in [0.05, 0.1) is 18.3 Å². The summed E-state index contributed by atoms with van der Waals surface area (Å²) < 4.78 is 15.1. The van der Waals surface area contributed by atoms with Crippen molar-refractivity contribution in [1.82, 2.24) is 20.2 Å². The van der Waals surface area contributed by atoms with Gasteiger partial charge in [0.2, 0.25) is 11.9 Å². The van der Waals surface area contributed by atoms with Crippen LogP contribution >= 0.6 is 0 Å². The van der Waals surface area contributed by atoms with Gasteiger partial charge >= 0.3 is 6.09 Å². The molecule has 2 aliphatic heterocycles. The quantitative estimate of drug-likeness (QED) is 0.515. The SMILES string of the molecule is CC(=O)N1CCN(c2ccc(Nc3ncc(F)c(N4CCCCC4C(NC(=O)O)C(C)(C)C)n3)cc2)CC1. The van der Waals surface area contributed by atoms with Crippen LogP contribution in [0.2, 0.25) is 0 Å². The molecule has 0 spiro atoms. The first-order chi connectivity index (χ1) is 18.0. The zero-order valence-electron chi connectivity index (χ0n) is 22.6. The average molecular weight is 528 g/mol. The lowest BCUT2D eigenvalue weighted by Crippen LogP contribution is -2.59. The molecule has 2 aliphatic rings. The molecule has 11 heteroatoms. The van der Waals surface area contributed by atoms with Crippen molar-refractivity contribution in [3.05, 3.63) is 36.3 Å². The number of nitrogens with one attached hydrogen (secondary N) is 2. The summed E-state index contributed by atoms with van der Waals surface area (Å²) in [7, 11) is 0. The summed E-state index contributed by atoms with van der Waals surface area (Å²) in [5.41, 5.74) is 1.46. The van der Waals surface area contributed by atoms with E-state index in [0.29, 0.717) is 19.6 Å². The molecule has 4 rings (SSSR count). The van der Waals surface area contributed by atoms with E-state index in [0.717, 1.165) is 49.9 Å². The van der Waals surface area contributed by atoms with E-state index >= 15 is 4.39 Å². The number of nitrogens with zero attached hydrogens (tertiary/aromatic N) is 5. The summed E-state index contributed by atoms with van der Waals surface area (Å²) in [4.78, 5) is 37.8. The van der Waals surface area contributed by atoms with Crippen LogP contribution in [0.3, 0.4) is 0 Å². The molecule has 2 unspecified atom stereocenters. The molecule has 10 nitrogen and oxygen atoms in total. The predicted molar refractivity (Wildman–Crippen MR) is 146 cm³/mol. The second kappa shape index (κ2) is 11.4. The molecule has 1 aromatic heterocycles. The van der Waals surface area contributed by atoms with Crippen molar-refractivity contribution >= 4 is 35.1 Å². The first-order valence-corrected chi connectivity index (χ1v) is 13.2. The van der Waals surface area contributed by atoms with Crippen molar-refractivity contribution in [3.8, 4) is 0 Å². The molecule has 0 saturated carbocycles. The van der Waals surface area contributed by atoms with Crippen molar-refractivity contribution in [2.45, 2.75) is 59.0 Å². The lowest BCUT2D eigenvalue weighted by atomic mass is 9.79. The third-order valence-electron chi connectivity index (χ3n) is 7.36. The number of anilines is 4. The number of carbonyl (C=O) groups excluding carboxylic acids is 1. The Kier molecular flexibility index (Phi) is 8.23. The highest BCUT2D eigenvalue weighted by Gasteiger charge is 2.39. The maximum atomic E-state index is 15.1. The maximum Gasteiger partial charge on any atom is 0.404 e. The van der Waals surface area contributed by atoms with E-state index < -0.39 is 18.0 Å². The van der Waals surface area contributed by atoms with Crippen molar-refractivity contribution in [3.63, 3.8) is 0 Å². The summed E-state index contributed by atoms with van der Waals surface area (Å²) in [5.74, 6) is 0.0111. The van der Waals surface area contributed by atoms with E-state index in [1.807, 2.05) is 54.8 Å². The van der Waals surface area contributed by atoms with Gasteiger partial charge in [-0.05, 0) is 48.9 Å². The van der Waals surface area contributed by atoms with Gasteiger partial charge in [0.1, 0.15) is 0 Å². The lowest BCUT2D eigenvalue weighted by Gasteiger charge is -2.45. The summed E-state index contributed by atoms with van der Waals surface area (Å²) in [6.45, 7) is 11.1. The Morgan fingerprint density at radius 3 is 2.37 bits per heavy atom. The van der Waals surface area contributed by atoms with E-state index in [1.165, 1.54) is 0 Å². The molecule has 1 aromatic carbocycles. The fourth-order valence-electron chi connectivity index (χ4n) is 5.37. The Hall–Kier alpha value is -3.63. The van der Waals surface area contributed by atoms with Crippen LogP contribution in [0.5, 0.6) is 0 Å². The molecule has 2 fully saturated rings. The fraction of sp³-hybridized carbons (Fsp3) is 0.556. The Labute approximate surface area is 223 Å². The van der Waals surface area contributed by atoms with Crippen molar-refractivity contribution in [2.75, 3.05) is 47.8 Å². The Bertz CT molecular complexity index is 1130. The topological polar surface area (TPSA) is 114 Å². The van der Waals surface area contributed by atoms with Crippen LogP contribution in [-0.2, 0) is 4.79 Å². The van der Waals surface area contributed by atoms with E-state index in [-0.39, 0.29) is 29.1 Å². The Balaban J connectivity index is 1.50. The lowest BCUT2D eigenvalue weighted by molar-refractivity contribution is -0.129. The minimum absolute atomic E-state index is 0.103. The van der Waals surface area contributed by atoms with Crippen LogP contribution in [0.25, 0.3) is 0 Å². The summed E-state index contributed by atoms with van der Waals surface area (Å²) >= 11 is 0. The minimum Gasteiger partial charge on any atom is -0.465 e. The zero-order valence-corrected chi connectivity index (χ0v) is 22.6. The number of carboxylic acid groups (broad SMARTS) is 1. The van der Waals surface area contributed by atoms with Crippen LogP contribution < -0.4 is 20.4 Å². The maximum absolute atomic E-state index is 15.1. The van der Waals surface area contributed by atoms with Crippen LogP contribution in [0.15, 0.2) is 30.5 Å². The van der Waals surface area contributed by atoms with Crippen LogP contribution in [0.1, 0.15) is 47.0 Å². The van der Waals surface area contributed by atoms with Gasteiger partial charge in [0, 0.05) is 51.0 Å². The summed E-state index contributed by atoms with van der Waals surface area (Å²) in [6, 6.07) is 7.21. The largest absolute Gasteiger partial charge is 0.465 e. The molecule has 2 atom stereocenters. The first-order valence-electron chi connectivity index (χ1n) is 13.2. The van der Waals surface area contributed by atoms with Gasteiger partial charge in [-0.3, -0.25) is 4.79 Å². The second-order valence-electron chi connectivity index (χ2n) is 11.1. The molecule has 3 heterocycles. The standard InChI is InChI=1S/C27H38FN7O3/c1-18(36)33-13-15-34(16-14-33)20-10-8-19(9-11-20)30-25-29-17-21(28)24(32-25)35-12-6-5-7-22(35)23(27(2,3)4)31-26(37)38/h8-11,17,22-23,31H,5-7,12-16H2,1-4H3,(H,37,38)(H,29,30,32). The van der Waals surface area contributed by atoms with E-state index in [2.05, 4.69) is 25.5 Å². The Morgan fingerprint density at radius 1 is 1.08 bits per heavy atom. The number of amides is 2. The first kappa shape index (κ1) is 27.4. The highest BCUT2D eigenvalue weighted by Crippen LogP contribution is 2.34. The second-order valence-corrected chi connectivity index (χ2v) is 11.1. The van der Waals surface area contributed by atoms with Crippen molar-refractivity contribution in [2.24, 2.45) is 5.41 Å². The van der Waals surface area contributed by atoms with Gasteiger partial charge in [0.15, 0.2) is 11.6 Å². The molecule has 206 valence electrons. The molecular formula is C27H38FN7O3. The number of hydrogen-bond donors (Lipinski definition) is 3. The minimum atomic E-state index is -1.09.